The third-order valence-corrected chi connectivity index (χ3v) is 7.77. The monoisotopic (exact) mass is 529 g/mol. The molecule has 0 radical (unpaired) electrons. The molecule has 2 aromatic carbocycles. The summed E-state index contributed by atoms with van der Waals surface area (Å²) in [6.45, 7) is 6.56. The summed E-state index contributed by atoms with van der Waals surface area (Å²) in [7, 11) is 1.66. The smallest absolute Gasteiger partial charge is 0.255 e. The van der Waals surface area contributed by atoms with Gasteiger partial charge in [-0.15, -0.1) is 0 Å². The van der Waals surface area contributed by atoms with E-state index in [-0.39, 0.29) is 11.8 Å². The maximum atomic E-state index is 13.8. The number of benzene rings is 2. The lowest BCUT2D eigenvalue weighted by Crippen LogP contribution is -2.50. The lowest BCUT2D eigenvalue weighted by Gasteiger charge is -2.35. The van der Waals surface area contributed by atoms with Crippen LogP contribution in [0.5, 0.6) is 5.75 Å². The van der Waals surface area contributed by atoms with Crippen molar-refractivity contribution in [1.82, 2.24) is 14.4 Å². The molecular weight excluding hydrogens is 486 g/mol. The molecule has 6 heteroatoms. The normalized spacial score (nSPS) is 13.5. The molecule has 0 aliphatic carbocycles. The number of aromatic nitrogens is 1. The van der Waals surface area contributed by atoms with Gasteiger partial charge in [0.1, 0.15) is 5.75 Å². The summed E-state index contributed by atoms with van der Waals surface area (Å²) in [5.74, 6) is 1.02. The van der Waals surface area contributed by atoms with E-state index in [2.05, 4.69) is 23.6 Å². The van der Waals surface area contributed by atoms with Crippen LogP contribution in [0.3, 0.4) is 0 Å². The van der Waals surface area contributed by atoms with Crippen molar-refractivity contribution >= 4 is 11.8 Å². The third kappa shape index (κ3) is 7.11. The minimum atomic E-state index is 0.0190. The summed E-state index contributed by atoms with van der Waals surface area (Å²) >= 11 is 0. The number of piperazine rings is 1. The Balaban J connectivity index is 1.43. The molecule has 6 nitrogen and oxygen atoms in total. The van der Waals surface area contributed by atoms with Gasteiger partial charge in [0, 0.05) is 49.5 Å². The molecule has 4 rings (SSSR count). The Kier molecular flexibility index (Phi) is 10.2. The van der Waals surface area contributed by atoms with Crippen LogP contribution < -0.4 is 4.74 Å². The summed E-state index contributed by atoms with van der Waals surface area (Å²) in [6, 6.07) is 20.1. The van der Waals surface area contributed by atoms with Gasteiger partial charge >= 0.3 is 0 Å². The van der Waals surface area contributed by atoms with Crippen LogP contribution in [0.25, 0.3) is 16.9 Å². The Morgan fingerprint density at radius 1 is 0.795 bits per heavy atom. The molecule has 3 aromatic rings. The van der Waals surface area contributed by atoms with Gasteiger partial charge in [-0.05, 0) is 43.7 Å². The maximum absolute atomic E-state index is 13.8. The van der Waals surface area contributed by atoms with Gasteiger partial charge in [-0.1, -0.05) is 75.8 Å². The lowest BCUT2D eigenvalue weighted by molar-refractivity contribution is -0.132. The van der Waals surface area contributed by atoms with E-state index in [1.165, 1.54) is 32.1 Å². The first-order chi connectivity index (χ1) is 19.0. The Bertz CT molecular complexity index is 1230. The number of amides is 2. The first kappa shape index (κ1) is 28.5. The molecule has 0 unspecified atom stereocenters. The van der Waals surface area contributed by atoms with E-state index in [9.17, 15) is 9.59 Å². The van der Waals surface area contributed by atoms with E-state index in [4.69, 9.17) is 4.74 Å². The van der Waals surface area contributed by atoms with Crippen LogP contribution in [0.2, 0.25) is 0 Å². The molecule has 2 heterocycles. The number of rotatable bonds is 12. The Hall–Kier alpha value is -3.54. The Morgan fingerprint density at radius 2 is 1.46 bits per heavy atom. The zero-order valence-electron chi connectivity index (χ0n) is 23.8. The summed E-state index contributed by atoms with van der Waals surface area (Å²) in [5, 5.41) is 0. The summed E-state index contributed by atoms with van der Waals surface area (Å²) < 4.78 is 7.61. The van der Waals surface area contributed by atoms with Crippen molar-refractivity contribution in [2.45, 2.75) is 65.2 Å². The molecule has 208 valence electrons. The van der Waals surface area contributed by atoms with Gasteiger partial charge in [0.05, 0.1) is 18.4 Å². The number of hydrogen-bond donors (Lipinski definition) is 0. The number of para-hydroxylation sites is 1. The molecule has 1 aliphatic rings. The van der Waals surface area contributed by atoms with Gasteiger partial charge in [-0.2, -0.15) is 0 Å². The maximum Gasteiger partial charge on any atom is 0.255 e. The van der Waals surface area contributed by atoms with E-state index in [0.717, 1.165) is 41.2 Å². The van der Waals surface area contributed by atoms with E-state index in [1.54, 1.807) is 7.11 Å². The van der Waals surface area contributed by atoms with Crippen LogP contribution in [-0.2, 0) is 4.79 Å². The number of carbonyl (C=O) groups excluding carboxylic acids is 2. The average Bonchev–Trinajstić information content (AvgIpc) is 3.33. The predicted octanol–water partition coefficient (Wildman–Crippen LogP) is 6.89. The molecule has 0 bridgehead atoms. The van der Waals surface area contributed by atoms with Gasteiger partial charge < -0.3 is 19.1 Å². The second-order valence-corrected chi connectivity index (χ2v) is 10.5. The first-order valence-corrected chi connectivity index (χ1v) is 14.5. The fourth-order valence-electron chi connectivity index (χ4n) is 5.45. The van der Waals surface area contributed by atoms with Crippen molar-refractivity contribution in [3.05, 3.63) is 71.9 Å². The van der Waals surface area contributed by atoms with Crippen LogP contribution in [0.1, 0.15) is 74.3 Å². The van der Waals surface area contributed by atoms with Crippen molar-refractivity contribution in [2.24, 2.45) is 0 Å². The molecule has 39 heavy (non-hydrogen) atoms. The topological polar surface area (TPSA) is 54.8 Å². The van der Waals surface area contributed by atoms with Gasteiger partial charge in [0.2, 0.25) is 5.91 Å². The molecule has 1 aromatic heterocycles. The molecular formula is C33H43N3O3. The number of methoxy groups -OCH3 is 1. The Morgan fingerprint density at radius 3 is 2.15 bits per heavy atom. The largest absolute Gasteiger partial charge is 0.497 e. The number of nitrogens with zero attached hydrogens (tertiary/aromatic N) is 3. The van der Waals surface area contributed by atoms with Gasteiger partial charge in [0.15, 0.2) is 0 Å². The highest BCUT2D eigenvalue weighted by Gasteiger charge is 2.28. The fraction of sp³-hybridized carbons (Fsp3) is 0.455. The Labute approximate surface area is 233 Å². The average molecular weight is 530 g/mol. The summed E-state index contributed by atoms with van der Waals surface area (Å²) in [6.07, 6.45) is 9.06. The number of carbonyl (C=O) groups is 2. The van der Waals surface area contributed by atoms with E-state index < -0.39 is 0 Å². The SMILES string of the molecule is CCCCCCCCCC(=O)N1CCN(C(=O)c2cc(-c3cccc(OC)c3)n(-c3ccccc3)c2C)CC1. The van der Waals surface area contributed by atoms with Crippen molar-refractivity contribution in [3.8, 4) is 22.7 Å². The van der Waals surface area contributed by atoms with Gasteiger partial charge in [-0.25, -0.2) is 0 Å². The third-order valence-electron chi connectivity index (χ3n) is 7.77. The minimum Gasteiger partial charge on any atom is -0.497 e. The number of ether oxygens (including phenoxy) is 1. The minimum absolute atomic E-state index is 0.0190. The van der Waals surface area contributed by atoms with Crippen LogP contribution in [0, 0.1) is 6.92 Å². The molecule has 1 aliphatic heterocycles. The standard InChI is InChI=1S/C33H43N3O3/c1-4-5-6-7-8-9-13-19-32(37)34-20-22-35(23-21-34)33(38)30-25-31(27-15-14-18-29(24-27)39-3)36(26(30)2)28-16-11-10-12-17-28/h10-12,14-18,24-25H,4-9,13,19-23H2,1-3H3. The van der Waals surface area contributed by atoms with Crippen LogP contribution in [-0.4, -0.2) is 59.5 Å². The van der Waals surface area contributed by atoms with Crippen LogP contribution in [0.15, 0.2) is 60.7 Å². The van der Waals surface area contributed by atoms with Crippen molar-refractivity contribution in [1.29, 1.82) is 0 Å². The highest BCUT2D eigenvalue weighted by Crippen LogP contribution is 2.32. The molecule has 0 N–H and O–H groups in total. The quantitative estimate of drug-likeness (QED) is 0.240. The molecule has 1 fully saturated rings. The van der Waals surface area contributed by atoms with Crippen LogP contribution in [0.4, 0.5) is 0 Å². The summed E-state index contributed by atoms with van der Waals surface area (Å²) in [4.78, 5) is 30.3. The van der Waals surface area contributed by atoms with E-state index in [1.807, 2.05) is 65.3 Å². The van der Waals surface area contributed by atoms with Gasteiger partial charge in [-0.3, -0.25) is 9.59 Å². The second kappa shape index (κ2) is 14.0. The molecule has 1 saturated heterocycles. The molecule has 2 amide bonds. The van der Waals surface area contributed by atoms with Crippen LogP contribution >= 0.6 is 0 Å². The van der Waals surface area contributed by atoms with Crippen molar-refractivity contribution in [3.63, 3.8) is 0 Å². The lowest BCUT2D eigenvalue weighted by atomic mass is 10.1. The molecule has 0 spiro atoms. The second-order valence-electron chi connectivity index (χ2n) is 10.5. The number of unbranched alkanes of at least 4 members (excludes halogenated alkanes) is 6. The zero-order chi connectivity index (χ0) is 27.6. The van der Waals surface area contributed by atoms with E-state index >= 15 is 0 Å². The van der Waals surface area contributed by atoms with Crippen molar-refractivity contribution < 1.29 is 14.3 Å². The number of hydrogen-bond acceptors (Lipinski definition) is 3. The highest BCUT2D eigenvalue weighted by molar-refractivity contribution is 5.97. The van der Waals surface area contributed by atoms with E-state index in [0.29, 0.717) is 38.2 Å². The van der Waals surface area contributed by atoms with Crippen molar-refractivity contribution in [2.75, 3.05) is 33.3 Å². The zero-order valence-corrected chi connectivity index (χ0v) is 23.8. The van der Waals surface area contributed by atoms with Gasteiger partial charge in [0.25, 0.3) is 5.91 Å². The fourth-order valence-corrected chi connectivity index (χ4v) is 5.45. The predicted molar refractivity (Wildman–Crippen MR) is 158 cm³/mol. The first-order valence-electron chi connectivity index (χ1n) is 14.5. The molecule has 0 saturated carbocycles. The molecule has 0 atom stereocenters. The summed E-state index contributed by atoms with van der Waals surface area (Å²) in [5.41, 5.74) is 4.54. The highest BCUT2D eigenvalue weighted by atomic mass is 16.5.